The predicted octanol–water partition coefficient (Wildman–Crippen LogP) is 5.16. The third kappa shape index (κ3) is 4.39. The van der Waals surface area contributed by atoms with Gasteiger partial charge >= 0.3 is 0 Å². The zero-order valence-corrected chi connectivity index (χ0v) is 17.6. The lowest BCUT2D eigenvalue weighted by molar-refractivity contribution is 0.133. The third-order valence-corrected chi connectivity index (χ3v) is 4.85. The van der Waals surface area contributed by atoms with Crippen LogP contribution in [-0.2, 0) is 6.61 Å². The minimum atomic E-state index is -0.332. The summed E-state index contributed by atoms with van der Waals surface area (Å²) in [4.78, 5) is 9.54. The van der Waals surface area contributed by atoms with E-state index in [9.17, 15) is 5.11 Å². The molecule has 1 aromatic carbocycles. The van der Waals surface area contributed by atoms with Crippen molar-refractivity contribution >= 4 is 27.4 Å². The van der Waals surface area contributed by atoms with E-state index in [1.807, 2.05) is 51.3 Å². The molecule has 0 amide bonds. The SMILES string of the molecule is Cc1c(CO)ccc2c(OC(C)(C)C)cc(-c3csc(NC(C)C)n3)nc12. The van der Waals surface area contributed by atoms with E-state index in [0.29, 0.717) is 6.04 Å². The summed E-state index contributed by atoms with van der Waals surface area (Å²) in [5.41, 5.74) is 3.93. The standard InChI is InChI=1S/C21H27N3O2S/c1-12(2)22-20-24-17(11-27-20)16-9-18(26-21(4,5)6)15-8-7-14(10-25)13(3)19(15)23-16/h7-9,11-12,25H,10H2,1-6H3,(H,22,24). The quantitative estimate of drug-likeness (QED) is 0.635. The van der Waals surface area contributed by atoms with E-state index in [2.05, 4.69) is 24.1 Å². The molecule has 0 aliphatic heterocycles. The monoisotopic (exact) mass is 385 g/mol. The van der Waals surface area contributed by atoms with Gasteiger partial charge in [0.2, 0.25) is 0 Å². The molecule has 2 N–H and O–H groups in total. The number of aromatic nitrogens is 2. The van der Waals surface area contributed by atoms with Gasteiger partial charge in [0.1, 0.15) is 17.0 Å². The number of aliphatic hydroxyl groups is 1. The molecule has 0 unspecified atom stereocenters. The molecule has 0 aliphatic carbocycles. The molecule has 0 saturated carbocycles. The highest BCUT2D eigenvalue weighted by atomic mass is 32.1. The highest BCUT2D eigenvalue weighted by Gasteiger charge is 2.19. The molecule has 0 saturated heterocycles. The molecule has 3 rings (SSSR count). The molecule has 2 aromatic heterocycles. The van der Waals surface area contributed by atoms with Crippen LogP contribution < -0.4 is 10.1 Å². The van der Waals surface area contributed by atoms with Crippen LogP contribution in [-0.4, -0.2) is 26.7 Å². The number of fused-ring (bicyclic) bond motifs is 1. The van der Waals surface area contributed by atoms with Gasteiger partial charge in [0.15, 0.2) is 5.13 Å². The molecule has 27 heavy (non-hydrogen) atoms. The van der Waals surface area contributed by atoms with Gasteiger partial charge in [-0.05, 0) is 58.7 Å². The summed E-state index contributed by atoms with van der Waals surface area (Å²) in [5, 5.41) is 16.8. The summed E-state index contributed by atoms with van der Waals surface area (Å²) in [6.07, 6.45) is 0. The van der Waals surface area contributed by atoms with Crippen LogP contribution >= 0.6 is 11.3 Å². The van der Waals surface area contributed by atoms with Crippen LogP contribution in [0, 0.1) is 6.92 Å². The zero-order valence-electron chi connectivity index (χ0n) is 16.8. The molecule has 5 nitrogen and oxygen atoms in total. The van der Waals surface area contributed by atoms with E-state index < -0.39 is 0 Å². The Balaban J connectivity index is 2.17. The number of thiazole rings is 1. The highest BCUT2D eigenvalue weighted by molar-refractivity contribution is 7.14. The molecular formula is C21H27N3O2S. The maximum absolute atomic E-state index is 9.63. The van der Waals surface area contributed by atoms with E-state index in [1.54, 1.807) is 11.3 Å². The van der Waals surface area contributed by atoms with E-state index >= 15 is 0 Å². The Kier molecular flexibility index (Phi) is 5.40. The molecule has 6 heteroatoms. The van der Waals surface area contributed by atoms with Gasteiger partial charge in [-0.25, -0.2) is 9.97 Å². The fraction of sp³-hybridized carbons (Fsp3) is 0.429. The number of hydrogen-bond acceptors (Lipinski definition) is 6. The van der Waals surface area contributed by atoms with Crippen LogP contribution in [0.1, 0.15) is 45.7 Å². The van der Waals surface area contributed by atoms with Crippen LogP contribution in [0.2, 0.25) is 0 Å². The van der Waals surface area contributed by atoms with E-state index in [4.69, 9.17) is 9.72 Å². The van der Waals surface area contributed by atoms with Crippen molar-refractivity contribution in [2.75, 3.05) is 5.32 Å². The zero-order chi connectivity index (χ0) is 19.8. The fourth-order valence-electron chi connectivity index (χ4n) is 2.86. The van der Waals surface area contributed by atoms with Gasteiger partial charge in [-0.2, -0.15) is 0 Å². The lowest BCUT2D eigenvalue weighted by Crippen LogP contribution is -2.23. The van der Waals surface area contributed by atoms with E-state index in [0.717, 1.165) is 44.3 Å². The number of nitrogens with one attached hydrogen (secondary N) is 1. The van der Waals surface area contributed by atoms with Crippen molar-refractivity contribution in [2.45, 2.75) is 59.8 Å². The Morgan fingerprint density at radius 1 is 1.19 bits per heavy atom. The number of nitrogens with zero attached hydrogens (tertiary/aromatic N) is 2. The summed E-state index contributed by atoms with van der Waals surface area (Å²) in [6.45, 7) is 12.2. The van der Waals surface area contributed by atoms with E-state index in [-0.39, 0.29) is 12.2 Å². The average Bonchev–Trinajstić information content (AvgIpc) is 3.02. The molecule has 2 heterocycles. The first kappa shape index (κ1) is 19.6. The summed E-state index contributed by atoms with van der Waals surface area (Å²) in [7, 11) is 0. The second kappa shape index (κ2) is 7.44. The number of aryl methyl sites for hydroxylation is 1. The Morgan fingerprint density at radius 2 is 1.93 bits per heavy atom. The third-order valence-electron chi connectivity index (χ3n) is 4.07. The number of benzene rings is 1. The minimum absolute atomic E-state index is 0.0116. The average molecular weight is 386 g/mol. The molecule has 0 spiro atoms. The number of rotatable bonds is 5. The van der Waals surface area contributed by atoms with Crippen LogP contribution in [0.5, 0.6) is 5.75 Å². The number of aliphatic hydroxyl groups excluding tert-OH is 1. The maximum Gasteiger partial charge on any atom is 0.183 e. The first-order valence-electron chi connectivity index (χ1n) is 9.13. The molecule has 0 aliphatic rings. The summed E-state index contributed by atoms with van der Waals surface area (Å²) < 4.78 is 6.23. The second-order valence-corrected chi connectivity index (χ2v) is 8.82. The van der Waals surface area contributed by atoms with Crippen molar-refractivity contribution in [3.05, 3.63) is 34.7 Å². The number of ether oxygens (including phenoxy) is 1. The number of hydrogen-bond donors (Lipinski definition) is 2. The highest BCUT2D eigenvalue weighted by Crippen LogP contribution is 2.35. The van der Waals surface area contributed by atoms with E-state index in [1.165, 1.54) is 0 Å². The van der Waals surface area contributed by atoms with Crippen molar-refractivity contribution in [3.8, 4) is 17.1 Å². The van der Waals surface area contributed by atoms with Gasteiger partial charge in [0.25, 0.3) is 0 Å². The normalized spacial score (nSPS) is 12.0. The molecule has 144 valence electrons. The maximum atomic E-state index is 9.63. The Hall–Kier alpha value is -2.18. The molecule has 3 aromatic rings. The van der Waals surface area contributed by atoms with Gasteiger partial charge in [-0.3, -0.25) is 0 Å². The summed E-state index contributed by atoms with van der Waals surface area (Å²) in [6, 6.07) is 6.18. The smallest absolute Gasteiger partial charge is 0.183 e. The van der Waals surface area contributed by atoms with Crippen LogP contribution in [0.25, 0.3) is 22.3 Å². The van der Waals surface area contributed by atoms with Crippen molar-refractivity contribution < 1.29 is 9.84 Å². The molecule has 0 atom stereocenters. The molecule has 0 radical (unpaired) electrons. The largest absolute Gasteiger partial charge is 0.487 e. The summed E-state index contributed by atoms with van der Waals surface area (Å²) in [5.74, 6) is 0.779. The molecule has 0 fully saturated rings. The van der Waals surface area contributed by atoms with Crippen molar-refractivity contribution in [1.82, 2.24) is 9.97 Å². The lowest BCUT2D eigenvalue weighted by Gasteiger charge is -2.23. The van der Waals surface area contributed by atoms with Gasteiger partial charge in [0, 0.05) is 22.9 Å². The fourth-order valence-corrected chi connectivity index (χ4v) is 3.71. The lowest BCUT2D eigenvalue weighted by atomic mass is 10.0. The van der Waals surface area contributed by atoms with Crippen LogP contribution in [0.4, 0.5) is 5.13 Å². The van der Waals surface area contributed by atoms with Crippen molar-refractivity contribution in [1.29, 1.82) is 0 Å². The van der Waals surface area contributed by atoms with Crippen LogP contribution in [0.15, 0.2) is 23.6 Å². The second-order valence-electron chi connectivity index (χ2n) is 7.96. The van der Waals surface area contributed by atoms with Gasteiger partial charge in [-0.15, -0.1) is 11.3 Å². The number of pyridine rings is 1. The first-order chi connectivity index (χ1) is 12.7. The van der Waals surface area contributed by atoms with Gasteiger partial charge < -0.3 is 15.2 Å². The predicted molar refractivity (Wildman–Crippen MR) is 113 cm³/mol. The molecule has 0 bridgehead atoms. The minimum Gasteiger partial charge on any atom is -0.487 e. The van der Waals surface area contributed by atoms with Gasteiger partial charge in [-0.1, -0.05) is 6.07 Å². The Labute approximate surface area is 164 Å². The van der Waals surface area contributed by atoms with Crippen molar-refractivity contribution in [2.24, 2.45) is 0 Å². The Morgan fingerprint density at radius 3 is 2.56 bits per heavy atom. The topological polar surface area (TPSA) is 67.3 Å². The Bertz CT molecular complexity index is 958. The van der Waals surface area contributed by atoms with Crippen LogP contribution in [0.3, 0.4) is 0 Å². The molecular weight excluding hydrogens is 358 g/mol. The first-order valence-corrected chi connectivity index (χ1v) is 10.0. The van der Waals surface area contributed by atoms with Crippen molar-refractivity contribution in [3.63, 3.8) is 0 Å². The number of anilines is 1. The summed E-state index contributed by atoms with van der Waals surface area (Å²) >= 11 is 1.57. The van der Waals surface area contributed by atoms with Gasteiger partial charge in [0.05, 0.1) is 17.8 Å².